The highest BCUT2D eigenvalue weighted by Gasteiger charge is 2.31. The Morgan fingerprint density at radius 1 is 1.03 bits per heavy atom. The summed E-state index contributed by atoms with van der Waals surface area (Å²) in [6.07, 6.45) is 3.34. The van der Waals surface area contributed by atoms with Gasteiger partial charge in [-0.3, -0.25) is 4.79 Å². The minimum Gasteiger partial charge on any atom is -0.497 e. The number of anilines is 1. The van der Waals surface area contributed by atoms with Gasteiger partial charge in [0.25, 0.3) is 5.91 Å². The fourth-order valence-corrected chi connectivity index (χ4v) is 4.15. The van der Waals surface area contributed by atoms with Crippen molar-refractivity contribution in [3.63, 3.8) is 0 Å². The number of rotatable bonds is 6. The molecule has 3 aromatic carbocycles. The lowest BCUT2D eigenvalue weighted by Gasteiger charge is -2.27. The Hall–Kier alpha value is -3.11. The molecule has 0 aromatic heterocycles. The van der Waals surface area contributed by atoms with E-state index in [1.165, 1.54) is 11.1 Å². The highest BCUT2D eigenvalue weighted by Crippen LogP contribution is 2.28. The molecule has 3 N–H and O–H groups in total. The van der Waals surface area contributed by atoms with E-state index in [0.29, 0.717) is 0 Å². The average molecular weight is 388 g/mol. The van der Waals surface area contributed by atoms with E-state index in [9.17, 15) is 4.79 Å². The van der Waals surface area contributed by atoms with Gasteiger partial charge in [-0.05, 0) is 30.5 Å². The number of carbonyl (C=O) groups is 1. The molecule has 1 aliphatic carbocycles. The van der Waals surface area contributed by atoms with Crippen LogP contribution in [-0.4, -0.2) is 13.0 Å². The van der Waals surface area contributed by atoms with Crippen molar-refractivity contribution < 1.29 is 14.8 Å². The Bertz CT molecular complexity index is 971. The van der Waals surface area contributed by atoms with E-state index in [2.05, 4.69) is 34.9 Å². The van der Waals surface area contributed by atoms with Gasteiger partial charge in [0.2, 0.25) is 0 Å². The van der Waals surface area contributed by atoms with Crippen LogP contribution in [0.1, 0.15) is 41.6 Å². The number of hydrogen-bond donors (Lipinski definition) is 2. The van der Waals surface area contributed by atoms with Crippen LogP contribution in [0.15, 0.2) is 78.9 Å². The molecule has 0 unspecified atom stereocenters. The zero-order valence-electron chi connectivity index (χ0n) is 16.7. The van der Waals surface area contributed by atoms with Gasteiger partial charge in [0, 0.05) is 29.3 Å². The molecule has 4 rings (SSSR count). The highest BCUT2D eigenvalue weighted by atomic mass is 16.5. The Morgan fingerprint density at radius 3 is 2.66 bits per heavy atom. The largest absolute Gasteiger partial charge is 0.497 e. The van der Waals surface area contributed by atoms with E-state index in [4.69, 9.17) is 4.74 Å². The fraction of sp³-hybridized carbons (Fsp3) is 0.240. The maximum absolute atomic E-state index is 13.3. The molecule has 1 amide bonds. The first-order chi connectivity index (χ1) is 14.2. The second-order valence-electron chi connectivity index (χ2n) is 7.50. The molecule has 0 radical (unpaired) electrons. The van der Waals surface area contributed by atoms with Crippen molar-refractivity contribution in [2.24, 2.45) is 0 Å². The van der Waals surface area contributed by atoms with E-state index in [1.54, 1.807) is 7.11 Å². The topological polar surface area (TPSA) is 54.9 Å². The first kappa shape index (κ1) is 19.2. The van der Waals surface area contributed by atoms with E-state index in [0.717, 1.165) is 36.3 Å². The van der Waals surface area contributed by atoms with Crippen molar-refractivity contribution in [2.75, 3.05) is 12.4 Å². The number of hydrogen-bond acceptors (Lipinski definition) is 2. The van der Waals surface area contributed by atoms with E-state index >= 15 is 0 Å². The summed E-state index contributed by atoms with van der Waals surface area (Å²) in [4.78, 5) is 13.3. The van der Waals surface area contributed by atoms with E-state index in [-0.39, 0.29) is 18.0 Å². The van der Waals surface area contributed by atoms with Crippen LogP contribution < -0.4 is 15.4 Å². The van der Waals surface area contributed by atoms with Crippen molar-refractivity contribution in [3.05, 3.63) is 95.6 Å². The molecule has 2 atom stereocenters. The van der Waals surface area contributed by atoms with Crippen LogP contribution in [0.4, 0.5) is 5.69 Å². The van der Waals surface area contributed by atoms with Crippen molar-refractivity contribution in [3.8, 4) is 5.75 Å². The van der Waals surface area contributed by atoms with E-state index < -0.39 is 0 Å². The maximum atomic E-state index is 13.3. The number of benzene rings is 3. The zero-order chi connectivity index (χ0) is 20.1. The van der Waals surface area contributed by atoms with Gasteiger partial charge in [-0.25, -0.2) is 0 Å². The zero-order valence-corrected chi connectivity index (χ0v) is 16.7. The lowest BCUT2D eigenvalue weighted by Crippen LogP contribution is -2.88. The first-order valence-electron chi connectivity index (χ1n) is 10.2. The van der Waals surface area contributed by atoms with Crippen LogP contribution in [0.5, 0.6) is 5.75 Å². The average Bonchev–Trinajstić information content (AvgIpc) is 2.78. The molecule has 0 bridgehead atoms. The van der Waals surface area contributed by atoms with Gasteiger partial charge in [0.1, 0.15) is 11.8 Å². The molecule has 3 aromatic rings. The maximum Gasteiger partial charge on any atom is 0.287 e. The monoisotopic (exact) mass is 387 g/mol. The van der Waals surface area contributed by atoms with E-state index in [1.807, 2.05) is 54.6 Å². The Labute approximate surface area is 171 Å². The molecule has 1 aliphatic rings. The summed E-state index contributed by atoms with van der Waals surface area (Å²) in [5.74, 6) is 0.705. The fourth-order valence-electron chi connectivity index (χ4n) is 4.15. The molecule has 0 saturated carbocycles. The third kappa shape index (κ3) is 4.49. The smallest absolute Gasteiger partial charge is 0.287 e. The third-order valence-corrected chi connectivity index (χ3v) is 5.62. The molecule has 4 heteroatoms. The molecular formula is C25H27N2O2+. The Kier molecular flexibility index (Phi) is 5.92. The molecule has 148 valence electrons. The molecular weight excluding hydrogens is 360 g/mol. The van der Waals surface area contributed by atoms with Gasteiger partial charge in [0.15, 0.2) is 6.04 Å². The summed E-state index contributed by atoms with van der Waals surface area (Å²) >= 11 is 0. The minimum atomic E-state index is -0.321. The number of methoxy groups -OCH3 is 1. The van der Waals surface area contributed by atoms with Gasteiger partial charge in [0.05, 0.1) is 7.11 Å². The summed E-state index contributed by atoms with van der Waals surface area (Å²) < 4.78 is 5.28. The molecule has 0 aliphatic heterocycles. The molecule has 4 nitrogen and oxygen atoms in total. The van der Waals surface area contributed by atoms with Gasteiger partial charge in [-0.15, -0.1) is 0 Å². The standard InChI is InChI=1S/C25H26N2O2/c1-29-21-14-8-13-20(17-21)26-25(28)24(19-10-3-2-4-11-19)27-23-16-7-12-18-9-5-6-15-22(18)23/h2-6,8-11,13-15,17,23-24,27H,7,12,16H2,1H3,(H,26,28)/p+1/t23-,24+/m0/s1. The van der Waals surface area contributed by atoms with Crippen molar-refractivity contribution in [1.82, 2.24) is 0 Å². The predicted octanol–water partition coefficient (Wildman–Crippen LogP) is 4.02. The number of nitrogens with one attached hydrogen (secondary N) is 1. The summed E-state index contributed by atoms with van der Waals surface area (Å²) in [7, 11) is 1.63. The number of quaternary nitrogens is 1. The Morgan fingerprint density at radius 2 is 1.83 bits per heavy atom. The normalized spacial score (nSPS) is 16.5. The summed E-state index contributed by atoms with van der Waals surface area (Å²) in [6, 6.07) is 26.1. The van der Waals surface area contributed by atoms with Crippen LogP contribution >= 0.6 is 0 Å². The summed E-state index contributed by atoms with van der Waals surface area (Å²) in [5, 5.41) is 5.30. The number of amides is 1. The number of ether oxygens (including phenoxy) is 1. The molecule has 29 heavy (non-hydrogen) atoms. The number of aryl methyl sites for hydroxylation is 1. The van der Waals surface area contributed by atoms with Crippen molar-refractivity contribution in [2.45, 2.75) is 31.3 Å². The predicted molar refractivity (Wildman–Crippen MR) is 115 cm³/mol. The lowest BCUT2D eigenvalue weighted by molar-refractivity contribution is -0.723. The van der Waals surface area contributed by atoms with Crippen molar-refractivity contribution >= 4 is 11.6 Å². The van der Waals surface area contributed by atoms with Crippen molar-refractivity contribution in [1.29, 1.82) is 0 Å². The summed E-state index contributed by atoms with van der Waals surface area (Å²) in [6.45, 7) is 0. The van der Waals surface area contributed by atoms with Crippen LogP contribution in [0.2, 0.25) is 0 Å². The number of fused-ring (bicyclic) bond motifs is 1. The molecule has 0 saturated heterocycles. The lowest BCUT2D eigenvalue weighted by atomic mass is 9.87. The quantitative estimate of drug-likeness (QED) is 0.671. The van der Waals surface area contributed by atoms with Gasteiger partial charge >= 0.3 is 0 Å². The number of nitrogens with two attached hydrogens (primary N) is 1. The molecule has 0 spiro atoms. The number of carbonyl (C=O) groups excluding carboxylic acids is 1. The first-order valence-corrected chi connectivity index (χ1v) is 10.2. The second kappa shape index (κ2) is 8.93. The van der Waals surface area contributed by atoms with Crippen LogP contribution in [-0.2, 0) is 11.2 Å². The Balaban J connectivity index is 1.60. The third-order valence-electron chi connectivity index (χ3n) is 5.62. The van der Waals surface area contributed by atoms with Gasteiger partial charge in [-0.2, -0.15) is 0 Å². The van der Waals surface area contributed by atoms with Crippen LogP contribution in [0, 0.1) is 0 Å². The second-order valence-corrected chi connectivity index (χ2v) is 7.50. The van der Waals surface area contributed by atoms with Gasteiger partial charge < -0.3 is 15.4 Å². The highest BCUT2D eigenvalue weighted by molar-refractivity contribution is 5.94. The summed E-state index contributed by atoms with van der Waals surface area (Å²) in [5.41, 5.74) is 4.51. The molecule has 0 heterocycles. The van der Waals surface area contributed by atoms with Crippen LogP contribution in [0.3, 0.4) is 0 Å². The van der Waals surface area contributed by atoms with Crippen LogP contribution in [0.25, 0.3) is 0 Å². The van der Waals surface area contributed by atoms with Gasteiger partial charge in [-0.1, -0.05) is 60.7 Å². The SMILES string of the molecule is COc1cccc(NC(=O)[C@H]([NH2+][C@H]2CCCc3ccccc32)c2ccccc2)c1. The minimum absolute atomic E-state index is 0.0208. The molecule has 0 fully saturated rings.